The van der Waals surface area contributed by atoms with Crippen LogP contribution >= 0.6 is 11.3 Å². The fraction of sp³-hybridized carbons (Fsp3) is 0.526. The first kappa shape index (κ1) is 15.6. The normalized spacial score (nSPS) is 28.6. The van der Waals surface area contributed by atoms with Crippen molar-refractivity contribution in [2.45, 2.75) is 37.4 Å². The number of benzene rings is 1. The number of hydrogen-bond donors (Lipinski definition) is 3. The van der Waals surface area contributed by atoms with Gasteiger partial charge >= 0.3 is 0 Å². The van der Waals surface area contributed by atoms with Gasteiger partial charge in [0.05, 0.1) is 5.00 Å². The molecule has 25 heavy (non-hydrogen) atoms. The number of carbonyl (C=O) groups is 1. The second-order valence-electron chi connectivity index (χ2n) is 7.44. The molecule has 4 heterocycles. The molecule has 0 spiro atoms. The smallest absolute Gasteiger partial charge is 0.251 e. The summed E-state index contributed by atoms with van der Waals surface area (Å²) in [6.45, 7) is 4.19. The van der Waals surface area contributed by atoms with Gasteiger partial charge in [-0.3, -0.25) is 4.79 Å². The van der Waals surface area contributed by atoms with E-state index in [2.05, 4.69) is 39.0 Å². The van der Waals surface area contributed by atoms with Crippen LogP contribution in [0.1, 0.15) is 29.6 Å². The summed E-state index contributed by atoms with van der Waals surface area (Å²) in [5, 5.41) is 12.8. The number of piperazine rings is 1. The summed E-state index contributed by atoms with van der Waals surface area (Å²) in [5.41, 5.74) is 0.781. The topological polar surface area (TPSA) is 56.4 Å². The predicted molar refractivity (Wildman–Crippen MR) is 103 cm³/mol. The molecule has 2 bridgehead atoms. The number of thiophene rings is 1. The summed E-state index contributed by atoms with van der Waals surface area (Å²) in [6, 6.07) is 9.74. The van der Waals surface area contributed by atoms with Crippen molar-refractivity contribution in [3.8, 4) is 0 Å². The first-order valence-corrected chi connectivity index (χ1v) is 10.1. The number of fused-ring (bicyclic) bond motifs is 3. The Morgan fingerprint density at radius 1 is 1.20 bits per heavy atom. The second kappa shape index (κ2) is 6.27. The van der Waals surface area contributed by atoms with Crippen molar-refractivity contribution in [3.63, 3.8) is 0 Å². The first-order valence-electron chi connectivity index (χ1n) is 9.32. The van der Waals surface area contributed by atoms with Gasteiger partial charge in [0.2, 0.25) is 0 Å². The van der Waals surface area contributed by atoms with Crippen LogP contribution in [0.5, 0.6) is 0 Å². The Morgan fingerprint density at radius 3 is 2.84 bits per heavy atom. The maximum Gasteiger partial charge on any atom is 0.251 e. The highest BCUT2D eigenvalue weighted by Crippen LogP contribution is 2.33. The molecule has 3 atom stereocenters. The monoisotopic (exact) mass is 356 g/mol. The van der Waals surface area contributed by atoms with Gasteiger partial charge in [-0.25, -0.2) is 0 Å². The van der Waals surface area contributed by atoms with E-state index in [1.54, 1.807) is 11.3 Å². The van der Waals surface area contributed by atoms with Crippen molar-refractivity contribution in [1.29, 1.82) is 0 Å². The van der Waals surface area contributed by atoms with Crippen molar-refractivity contribution >= 4 is 32.3 Å². The molecule has 3 saturated heterocycles. The van der Waals surface area contributed by atoms with Gasteiger partial charge in [-0.15, -0.1) is 11.3 Å². The quantitative estimate of drug-likeness (QED) is 0.787. The molecule has 1 aromatic heterocycles. The molecule has 132 valence electrons. The van der Waals surface area contributed by atoms with Crippen molar-refractivity contribution in [2.24, 2.45) is 0 Å². The fourth-order valence-corrected chi connectivity index (χ4v) is 5.59. The number of rotatable bonds is 3. The fourth-order valence-electron chi connectivity index (χ4n) is 4.43. The zero-order valence-corrected chi connectivity index (χ0v) is 15.1. The Balaban J connectivity index is 1.34. The van der Waals surface area contributed by atoms with E-state index in [0.717, 1.165) is 38.2 Å². The van der Waals surface area contributed by atoms with E-state index in [-0.39, 0.29) is 5.91 Å². The molecule has 1 aromatic carbocycles. The van der Waals surface area contributed by atoms with Crippen LogP contribution in [0.2, 0.25) is 0 Å². The van der Waals surface area contributed by atoms with Crippen LogP contribution < -0.4 is 20.9 Å². The Kier molecular flexibility index (Phi) is 3.91. The highest BCUT2D eigenvalue weighted by Gasteiger charge is 2.39. The number of nitrogens with zero attached hydrogens (tertiary/aromatic N) is 1. The maximum absolute atomic E-state index is 12.7. The Labute approximate surface area is 151 Å². The van der Waals surface area contributed by atoms with Crippen molar-refractivity contribution < 1.29 is 4.79 Å². The summed E-state index contributed by atoms with van der Waals surface area (Å²) in [5.74, 6) is 0.0679. The number of anilines is 1. The summed E-state index contributed by atoms with van der Waals surface area (Å²) in [7, 11) is 0. The van der Waals surface area contributed by atoms with E-state index in [0.29, 0.717) is 18.1 Å². The van der Waals surface area contributed by atoms with Crippen molar-refractivity contribution in [2.75, 3.05) is 31.1 Å². The Hall–Kier alpha value is -1.63. The standard InChI is InChI=1S/C19H24N4OS/c24-19(22-16-11-14-3-4-15(16)21-14)13-2-1-12-10-18(25-17(12)9-13)23-7-5-20-6-8-23/h1-2,9-10,14-16,20-21H,3-8,11H2,(H,22,24)/t14-,15+,16-/m1/s1. The molecule has 3 N–H and O–H groups in total. The number of carbonyl (C=O) groups excluding carboxylic acids is 1. The molecule has 0 radical (unpaired) electrons. The SMILES string of the molecule is O=C(N[C@@H]1C[C@H]2CC[C@@H]1N2)c1ccc2cc(N3CCNCC3)sc2c1. The lowest BCUT2D eigenvalue weighted by Gasteiger charge is -2.27. The Morgan fingerprint density at radius 2 is 2.08 bits per heavy atom. The van der Waals surface area contributed by atoms with Gasteiger partial charge in [0.15, 0.2) is 0 Å². The molecule has 1 amide bonds. The van der Waals surface area contributed by atoms with Gasteiger partial charge in [0, 0.05) is 54.6 Å². The van der Waals surface area contributed by atoms with Crippen LogP contribution in [-0.4, -0.2) is 50.2 Å². The summed E-state index contributed by atoms with van der Waals surface area (Å²) in [4.78, 5) is 15.1. The number of hydrogen-bond acceptors (Lipinski definition) is 5. The maximum atomic E-state index is 12.7. The van der Waals surface area contributed by atoms with Crippen LogP contribution in [0.4, 0.5) is 5.00 Å². The van der Waals surface area contributed by atoms with E-state index < -0.39 is 0 Å². The van der Waals surface area contributed by atoms with Crippen LogP contribution in [-0.2, 0) is 0 Å². The van der Waals surface area contributed by atoms with Crippen LogP contribution in [0, 0.1) is 0 Å². The van der Waals surface area contributed by atoms with E-state index in [1.807, 2.05) is 6.07 Å². The van der Waals surface area contributed by atoms with E-state index in [1.165, 1.54) is 27.9 Å². The third-order valence-electron chi connectivity index (χ3n) is 5.81. The summed E-state index contributed by atoms with van der Waals surface area (Å²) >= 11 is 1.80. The largest absolute Gasteiger partial charge is 0.361 e. The molecule has 3 aliphatic rings. The average Bonchev–Trinajstić information content (AvgIpc) is 3.36. The first-order chi connectivity index (χ1) is 12.3. The average molecular weight is 356 g/mol. The summed E-state index contributed by atoms with van der Waals surface area (Å²) < 4.78 is 1.20. The predicted octanol–water partition coefficient (Wildman–Crippen LogP) is 1.93. The molecule has 0 saturated carbocycles. The highest BCUT2D eigenvalue weighted by molar-refractivity contribution is 7.22. The molecular weight excluding hydrogens is 332 g/mol. The van der Waals surface area contributed by atoms with E-state index in [4.69, 9.17) is 0 Å². The van der Waals surface area contributed by atoms with Crippen molar-refractivity contribution in [1.82, 2.24) is 16.0 Å². The third kappa shape index (κ3) is 2.92. The minimum absolute atomic E-state index is 0.0679. The molecule has 0 unspecified atom stereocenters. The van der Waals surface area contributed by atoms with Crippen molar-refractivity contribution in [3.05, 3.63) is 29.8 Å². The zero-order valence-electron chi connectivity index (χ0n) is 14.3. The molecule has 5 rings (SSSR count). The third-order valence-corrected chi connectivity index (χ3v) is 6.97. The minimum Gasteiger partial charge on any atom is -0.361 e. The van der Waals surface area contributed by atoms with Gasteiger partial charge in [0.25, 0.3) is 5.91 Å². The Bertz CT molecular complexity index is 798. The molecule has 5 nitrogen and oxygen atoms in total. The van der Waals surface area contributed by atoms with Crippen LogP contribution in [0.3, 0.4) is 0 Å². The van der Waals surface area contributed by atoms with Gasteiger partial charge in [-0.2, -0.15) is 0 Å². The second-order valence-corrected chi connectivity index (χ2v) is 8.50. The van der Waals surface area contributed by atoms with Crippen LogP contribution in [0.25, 0.3) is 10.1 Å². The minimum atomic E-state index is 0.0679. The van der Waals surface area contributed by atoms with Gasteiger partial charge in [0.1, 0.15) is 0 Å². The number of amides is 1. The molecular formula is C19H24N4OS. The zero-order chi connectivity index (χ0) is 16.8. The lowest BCUT2D eigenvalue weighted by Crippen LogP contribution is -2.43. The molecule has 6 heteroatoms. The molecule has 0 aliphatic carbocycles. The lowest BCUT2D eigenvalue weighted by molar-refractivity contribution is 0.0931. The molecule has 3 aliphatic heterocycles. The number of nitrogens with one attached hydrogen (secondary N) is 3. The molecule has 3 fully saturated rings. The van der Waals surface area contributed by atoms with Gasteiger partial charge in [-0.05, 0) is 42.8 Å². The molecule has 2 aromatic rings. The highest BCUT2D eigenvalue weighted by atomic mass is 32.1. The summed E-state index contributed by atoms with van der Waals surface area (Å²) in [6.07, 6.45) is 3.52. The van der Waals surface area contributed by atoms with Gasteiger partial charge < -0.3 is 20.9 Å². The van der Waals surface area contributed by atoms with E-state index in [9.17, 15) is 4.79 Å². The van der Waals surface area contributed by atoms with Gasteiger partial charge in [-0.1, -0.05) is 6.07 Å². The van der Waals surface area contributed by atoms with E-state index >= 15 is 0 Å². The van der Waals surface area contributed by atoms with Crippen LogP contribution in [0.15, 0.2) is 24.3 Å². The lowest BCUT2D eigenvalue weighted by atomic mass is 9.95.